The van der Waals surface area contributed by atoms with Crippen LogP contribution in [0.1, 0.15) is 36.5 Å². The smallest absolute Gasteiger partial charge is 0.230 e. The van der Waals surface area contributed by atoms with Crippen LogP contribution >= 0.6 is 0 Å². The van der Waals surface area contributed by atoms with Gasteiger partial charge in [-0.05, 0) is 80.7 Å². The molecule has 2 aromatic rings. The molecule has 12 heteroatoms. The number of primary amides is 1. The Labute approximate surface area is 280 Å². The van der Waals surface area contributed by atoms with E-state index >= 15 is 0 Å². The van der Waals surface area contributed by atoms with Crippen molar-refractivity contribution in [2.45, 2.75) is 50.5 Å². The van der Waals surface area contributed by atoms with E-state index < -0.39 is 58.7 Å². The molecular formula is C36H46N4O8. The summed E-state index contributed by atoms with van der Waals surface area (Å²) in [6, 6.07) is 8.20. The van der Waals surface area contributed by atoms with E-state index in [9.17, 15) is 34.8 Å². The average molecular weight is 663 g/mol. The van der Waals surface area contributed by atoms with Gasteiger partial charge in [-0.1, -0.05) is 19.1 Å². The topological polar surface area (TPSA) is 177 Å². The number of phenols is 1. The Balaban J connectivity index is 1.40. The van der Waals surface area contributed by atoms with Crippen molar-refractivity contribution in [3.63, 3.8) is 0 Å². The molecule has 0 bridgehead atoms. The number of ether oxygens (including phenoxy) is 1. The molecule has 0 radical (unpaired) electrons. The number of aromatic hydroxyl groups is 1. The van der Waals surface area contributed by atoms with Crippen molar-refractivity contribution in [3.05, 3.63) is 52.6 Å². The van der Waals surface area contributed by atoms with Crippen molar-refractivity contribution in [3.8, 4) is 22.6 Å². The number of ketones is 2. The molecule has 12 nitrogen and oxygen atoms in total. The highest BCUT2D eigenvalue weighted by Gasteiger charge is 2.67. The number of Topliss-reactive ketones (excluding diaryl/α,β-unsaturated/α-hetero) is 2. The fourth-order valence-electron chi connectivity index (χ4n) is 8.67. The fraction of sp³-hybridized carbons (Fsp3) is 0.528. The van der Waals surface area contributed by atoms with Gasteiger partial charge in [0.05, 0.1) is 18.8 Å². The van der Waals surface area contributed by atoms with Crippen molar-refractivity contribution in [2.24, 2.45) is 23.5 Å². The van der Waals surface area contributed by atoms with E-state index in [0.717, 1.165) is 61.6 Å². The average Bonchev–Trinajstić information content (AvgIpc) is 3.03. The number of hydrogen-bond donors (Lipinski definition) is 5. The van der Waals surface area contributed by atoms with Gasteiger partial charge in [-0.25, -0.2) is 0 Å². The number of fused-ring (bicyclic) bond motifs is 3. The second kappa shape index (κ2) is 12.9. The SMILES string of the molecule is CCCN1CCN(Cc2cc(-c3ccc(O)c4c3C[C@@H]3C[C@@H]5[C@@H](N(C)C)C(O)C(C(N)=O)C(=O)[C@]5(O)C(=O)C3=C4O)ccc2OC)CC1. The Hall–Kier alpha value is -3.81. The number of methoxy groups -OCH3 is 1. The molecule has 1 heterocycles. The van der Waals surface area contributed by atoms with E-state index in [1.54, 1.807) is 32.2 Å². The first-order valence-corrected chi connectivity index (χ1v) is 16.7. The van der Waals surface area contributed by atoms with Gasteiger partial charge in [-0.15, -0.1) is 0 Å². The molecule has 3 aliphatic carbocycles. The molecule has 1 saturated heterocycles. The van der Waals surface area contributed by atoms with Gasteiger partial charge in [0.15, 0.2) is 11.4 Å². The zero-order chi connectivity index (χ0) is 34.7. The van der Waals surface area contributed by atoms with Crippen molar-refractivity contribution in [1.82, 2.24) is 14.7 Å². The summed E-state index contributed by atoms with van der Waals surface area (Å²) >= 11 is 0. The van der Waals surface area contributed by atoms with Crippen LogP contribution in [0.15, 0.2) is 35.9 Å². The van der Waals surface area contributed by atoms with Crippen LogP contribution in [-0.2, 0) is 27.3 Å². The highest BCUT2D eigenvalue weighted by atomic mass is 16.5. The minimum Gasteiger partial charge on any atom is -0.507 e. The molecule has 48 heavy (non-hydrogen) atoms. The number of aliphatic hydroxyl groups is 3. The van der Waals surface area contributed by atoms with Gasteiger partial charge in [-0.2, -0.15) is 0 Å². The first-order chi connectivity index (χ1) is 22.8. The maximum Gasteiger partial charge on any atom is 0.230 e. The number of benzene rings is 2. The summed E-state index contributed by atoms with van der Waals surface area (Å²) in [7, 11) is 4.91. The Kier molecular flexibility index (Phi) is 9.16. The molecule has 0 aromatic heterocycles. The maximum atomic E-state index is 14.2. The lowest BCUT2D eigenvalue weighted by Crippen LogP contribution is -2.73. The van der Waals surface area contributed by atoms with Crippen molar-refractivity contribution in [1.29, 1.82) is 0 Å². The predicted octanol–water partition coefficient (Wildman–Crippen LogP) is 1.33. The minimum absolute atomic E-state index is 0.0607. The molecule has 4 aliphatic rings. The van der Waals surface area contributed by atoms with Gasteiger partial charge >= 0.3 is 0 Å². The highest BCUT2D eigenvalue weighted by Crippen LogP contribution is 2.53. The Morgan fingerprint density at radius 2 is 1.77 bits per heavy atom. The molecule has 2 aromatic carbocycles. The molecule has 1 amide bonds. The number of aliphatic hydroxyl groups excluding tert-OH is 2. The first-order valence-electron chi connectivity index (χ1n) is 16.7. The van der Waals surface area contributed by atoms with E-state index in [-0.39, 0.29) is 29.7 Å². The third-order valence-corrected chi connectivity index (χ3v) is 11.0. The molecule has 6 N–H and O–H groups in total. The van der Waals surface area contributed by atoms with Gasteiger partial charge in [0.1, 0.15) is 23.2 Å². The van der Waals surface area contributed by atoms with Crippen LogP contribution in [0.2, 0.25) is 0 Å². The number of carbonyl (C=O) groups excluding carboxylic acids is 3. The number of nitrogens with two attached hydrogens (primary N) is 1. The summed E-state index contributed by atoms with van der Waals surface area (Å²) in [4.78, 5) is 46.5. The number of hydrogen-bond acceptors (Lipinski definition) is 11. The highest BCUT2D eigenvalue weighted by molar-refractivity contribution is 6.25. The van der Waals surface area contributed by atoms with Crippen LogP contribution in [-0.4, -0.2) is 124 Å². The summed E-state index contributed by atoms with van der Waals surface area (Å²) in [6.45, 7) is 7.87. The predicted molar refractivity (Wildman–Crippen MR) is 178 cm³/mol. The van der Waals surface area contributed by atoms with Crippen LogP contribution in [0.5, 0.6) is 11.5 Å². The van der Waals surface area contributed by atoms with Gasteiger partial charge < -0.3 is 40.7 Å². The van der Waals surface area contributed by atoms with Crippen LogP contribution < -0.4 is 10.5 Å². The normalized spacial score (nSPS) is 29.4. The number of amides is 1. The molecule has 0 spiro atoms. The van der Waals surface area contributed by atoms with Crippen molar-refractivity contribution >= 4 is 23.2 Å². The Morgan fingerprint density at radius 1 is 1.08 bits per heavy atom. The Bertz CT molecular complexity index is 1670. The third kappa shape index (κ3) is 5.39. The van der Waals surface area contributed by atoms with Gasteiger partial charge in [0.2, 0.25) is 11.7 Å². The summed E-state index contributed by atoms with van der Waals surface area (Å²) < 4.78 is 5.73. The number of rotatable bonds is 8. The zero-order valence-electron chi connectivity index (χ0n) is 28.0. The number of nitrogens with zero attached hydrogens (tertiary/aromatic N) is 3. The molecule has 6 rings (SSSR count). The summed E-state index contributed by atoms with van der Waals surface area (Å²) in [6.07, 6.45) is -0.126. The summed E-state index contributed by atoms with van der Waals surface area (Å²) in [5, 5.41) is 45.7. The zero-order valence-corrected chi connectivity index (χ0v) is 28.0. The molecule has 3 fully saturated rings. The van der Waals surface area contributed by atoms with Crippen LogP contribution in [0.25, 0.3) is 16.9 Å². The second-order valence-electron chi connectivity index (χ2n) is 13.9. The largest absolute Gasteiger partial charge is 0.507 e. The monoisotopic (exact) mass is 662 g/mol. The Morgan fingerprint density at radius 3 is 2.40 bits per heavy atom. The molecular weight excluding hydrogens is 616 g/mol. The van der Waals surface area contributed by atoms with Crippen molar-refractivity contribution in [2.75, 3.05) is 53.9 Å². The summed E-state index contributed by atoms with van der Waals surface area (Å²) in [5.41, 5.74) is 5.93. The van der Waals surface area contributed by atoms with Crippen molar-refractivity contribution < 1.29 is 39.5 Å². The van der Waals surface area contributed by atoms with E-state index in [4.69, 9.17) is 10.5 Å². The molecule has 2 saturated carbocycles. The van der Waals surface area contributed by atoms with Crippen LogP contribution in [0.4, 0.5) is 0 Å². The van der Waals surface area contributed by atoms with E-state index in [0.29, 0.717) is 12.1 Å². The number of likely N-dealkylation sites (N-methyl/N-ethyl adjacent to an activating group) is 1. The number of carbonyl (C=O) groups is 3. The maximum absolute atomic E-state index is 14.2. The number of phenolic OH excluding ortho intramolecular Hbond substituents is 1. The standard InChI is InChI=1S/C36H46N4O8/c1-5-10-39-11-13-40(14-12-39)18-21-15-19(6-9-26(21)48-4)22-7-8-25(41)28-23(22)16-20-17-24-30(38(2)3)32(43)29(35(37)46)34(45)36(24,47)33(44)27(20)31(28)42/h6-9,15,20,24,29-30,32,41-43,47H,5,10-14,16-18H2,1-4H3,(H2,37,46)/t20-,24-,29?,30-,32?,36-/m1/s1. The lowest BCUT2D eigenvalue weighted by molar-refractivity contribution is -0.184. The van der Waals surface area contributed by atoms with E-state index in [2.05, 4.69) is 22.8 Å². The summed E-state index contributed by atoms with van der Waals surface area (Å²) in [5.74, 6) is -6.86. The quantitative estimate of drug-likeness (QED) is 0.258. The third-order valence-electron chi connectivity index (χ3n) is 11.0. The molecule has 6 atom stereocenters. The molecule has 258 valence electrons. The van der Waals surface area contributed by atoms with Gasteiger partial charge in [0, 0.05) is 55.8 Å². The van der Waals surface area contributed by atoms with Crippen LogP contribution in [0.3, 0.4) is 0 Å². The number of piperazine rings is 1. The minimum atomic E-state index is -2.69. The molecule has 1 aliphatic heterocycles. The lowest BCUT2D eigenvalue weighted by Gasteiger charge is -2.53. The van der Waals surface area contributed by atoms with E-state index in [1.807, 2.05) is 12.1 Å². The van der Waals surface area contributed by atoms with Crippen LogP contribution in [0, 0.1) is 17.8 Å². The van der Waals surface area contributed by atoms with Gasteiger partial charge in [0.25, 0.3) is 0 Å². The lowest BCUT2D eigenvalue weighted by atomic mass is 9.54. The fourth-order valence-corrected chi connectivity index (χ4v) is 8.67. The first kappa shape index (κ1) is 34.1. The second-order valence-corrected chi connectivity index (χ2v) is 13.9. The van der Waals surface area contributed by atoms with E-state index in [1.165, 1.54) is 6.07 Å². The van der Waals surface area contributed by atoms with Gasteiger partial charge in [-0.3, -0.25) is 19.3 Å². The molecule has 2 unspecified atom stereocenters.